The minimum absolute atomic E-state index is 0.188. The van der Waals surface area contributed by atoms with Crippen LogP contribution in [0, 0.1) is 11.6 Å². The van der Waals surface area contributed by atoms with Gasteiger partial charge in [-0.15, -0.1) is 0 Å². The van der Waals surface area contributed by atoms with Crippen LogP contribution >= 0.6 is 0 Å². The van der Waals surface area contributed by atoms with Crippen LogP contribution in [0.2, 0.25) is 0 Å². The molecule has 2 rings (SSSR count). The highest BCUT2D eigenvalue weighted by Crippen LogP contribution is 2.36. The van der Waals surface area contributed by atoms with Crippen LogP contribution in [0.3, 0.4) is 0 Å². The molecule has 0 amide bonds. The predicted octanol–water partition coefficient (Wildman–Crippen LogP) is 1.45. The van der Waals surface area contributed by atoms with E-state index in [4.69, 9.17) is 15.2 Å². The van der Waals surface area contributed by atoms with Crippen LogP contribution in [0.4, 0.5) is 8.78 Å². The van der Waals surface area contributed by atoms with Crippen molar-refractivity contribution >= 4 is 0 Å². The molecule has 0 fully saturated rings. The summed E-state index contributed by atoms with van der Waals surface area (Å²) in [4.78, 5) is 0. The SMILES string of the molecule is C[C@]1(CN)COc2cc(F)c(F)cc2O1. The van der Waals surface area contributed by atoms with Crippen molar-refractivity contribution in [2.45, 2.75) is 12.5 Å². The van der Waals surface area contributed by atoms with Gasteiger partial charge in [-0.1, -0.05) is 0 Å². The summed E-state index contributed by atoms with van der Waals surface area (Å²) in [5, 5.41) is 0. The minimum atomic E-state index is -0.960. The van der Waals surface area contributed by atoms with E-state index in [1.807, 2.05) is 0 Å². The fraction of sp³-hybridized carbons (Fsp3) is 0.400. The van der Waals surface area contributed by atoms with E-state index in [9.17, 15) is 8.78 Å². The number of nitrogens with two attached hydrogens (primary N) is 1. The topological polar surface area (TPSA) is 44.5 Å². The first-order valence-corrected chi connectivity index (χ1v) is 4.55. The molecule has 1 heterocycles. The van der Waals surface area contributed by atoms with Gasteiger partial charge in [0.05, 0.1) is 0 Å². The van der Waals surface area contributed by atoms with E-state index < -0.39 is 17.2 Å². The van der Waals surface area contributed by atoms with Crippen LogP contribution in [0.25, 0.3) is 0 Å². The zero-order valence-electron chi connectivity index (χ0n) is 8.22. The van der Waals surface area contributed by atoms with Crippen molar-refractivity contribution in [2.75, 3.05) is 13.2 Å². The van der Waals surface area contributed by atoms with E-state index >= 15 is 0 Å². The van der Waals surface area contributed by atoms with Crippen molar-refractivity contribution in [3.8, 4) is 11.5 Å². The van der Waals surface area contributed by atoms with E-state index in [2.05, 4.69) is 0 Å². The molecule has 1 aliphatic rings. The standard InChI is InChI=1S/C10H11F2NO2/c1-10(4-13)5-14-8-2-6(11)7(12)3-9(8)15-10/h2-3H,4-5,13H2,1H3/t10-/m0/s1. The Morgan fingerprint density at radius 2 is 1.93 bits per heavy atom. The highest BCUT2D eigenvalue weighted by molar-refractivity contribution is 5.42. The average molecular weight is 215 g/mol. The van der Waals surface area contributed by atoms with E-state index in [1.165, 1.54) is 0 Å². The lowest BCUT2D eigenvalue weighted by Crippen LogP contribution is -2.48. The van der Waals surface area contributed by atoms with E-state index in [1.54, 1.807) is 6.92 Å². The molecule has 1 aliphatic heterocycles. The maximum Gasteiger partial charge on any atom is 0.165 e. The lowest BCUT2D eigenvalue weighted by Gasteiger charge is -2.34. The fourth-order valence-corrected chi connectivity index (χ4v) is 1.33. The molecular weight excluding hydrogens is 204 g/mol. The third-order valence-electron chi connectivity index (χ3n) is 2.31. The molecule has 82 valence electrons. The molecule has 15 heavy (non-hydrogen) atoms. The summed E-state index contributed by atoms with van der Waals surface area (Å²) < 4.78 is 36.5. The molecule has 0 aliphatic carbocycles. The maximum atomic E-state index is 12.9. The van der Waals surface area contributed by atoms with Gasteiger partial charge in [0, 0.05) is 18.7 Å². The number of ether oxygens (including phenoxy) is 2. The second-order valence-corrected chi connectivity index (χ2v) is 3.76. The Balaban J connectivity index is 2.38. The van der Waals surface area contributed by atoms with Gasteiger partial charge >= 0.3 is 0 Å². The van der Waals surface area contributed by atoms with Crippen LogP contribution in [0.1, 0.15) is 6.92 Å². The molecule has 1 aromatic carbocycles. The number of benzene rings is 1. The highest BCUT2D eigenvalue weighted by atomic mass is 19.2. The van der Waals surface area contributed by atoms with Gasteiger partial charge in [0.1, 0.15) is 6.61 Å². The Bertz CT molecular complexity index is 397. The van der Waals surface area contributed by atoms with Gasteiger partial charge in [-0.3, -0.25) is 0 Å². The number of hydrogen-bond acceptors (Lipinski definition) is 3. The molecule has 0 saturated heterocycles. The largest absolute Gasteiger partial charge is 0.485 e. The average Bonchev–Trinajstić information content (AvgIpc) is 2.21. The third kappa shape index (κ3) is 1.74. The van der Waals surface area contributed by atoms with Crippen LogP contribution in [-0.4, -0.2) is 18.8 Å². The zero-order chi connectivity index (χ0) is 11.1. The number of fused-ring (bicyclic) bond motifs is 1. The molecule has 0 bridgehead atoms. The normalized spacial score (nSPS) is 24.0. The van der Waals surface area contributed by atoms with E-state index in [-0.39, 0.29) is 24.7 Å². The first kappa shape index (κ1) is 10.2. The van der Waals surface area contributed by atoms with Crippen molar-refractivity contribution in [1.82, 2.24) is 0 Å². The molecule has 0 aromatic heterocycles. The van der Waals surface area contributed by atoms with E-state index in [0.29, 0.717) is 0 Å². The third-order valence-corrected chi connectivity index (χ3v) is 2.31. The van der Waals surface area contributed by atoms with Crippen molar-refractivity contribution in [3.63, 3.8) is 0 Å². The Kier molecular flexibility index (Phi) is 2.26. The van der Waals surface area contributed by atoms with Crippen LogP contribution in [-0.2, 0) is 0 Å². The second kappa shape index (κ2) is 3.34. The van der Waals surface area contributed by atoms with Crippen LogP contribution in [0.5, 0.6) is 11.5 Å². The number of hydrogen-bond donors (Lipinski definition) is 1. The summed E-state index contributed by atoms with van der Waals surface area (Å²) in [6.45, 7) is 2.21. The Morgan fingerprint density at radius 3 is 2.53 bits per heavy atom. The molecule has 0 radical (unpaired) electrons. The lowest BCUT2D eigenvalue weighted by atomic mass is 10.1. The quantitative estimate of drug-likeness (QED) is 0.771. The first-order valence-electron chi connectivity index (χ1n) is 4.55. The molecule has 5 heteroatoms. The Labute approximate surface area is 85.8 Å². The van der Waals surface area contributed by atoms with Gasteiger partial charge in [0.15, 0.2) is 28.7 Å². The molecule has 0 unspecified atom stereocenters. The highest BCUT2D eigenvalue weighted by Gasteiger charge is 2.32. The minimum Gasteiger partial charge on any atom is -0.485 e. The summed E-state index contributed by atoms with van der Waals surface area (Å²) in [7, 11) is 0. The zero-order valence-corrected chi connectivity index (χ0v) is 8.22. The van der Waals surface area contributed by atoms with Crippen molar-refractivity contribution in [1.29, 1.82) is 0 Å². The molecule has 3 nitrogen and oxygen atoms in total. The molecule has 1 aromatic rings. The van der Waals surface area contributed by atoms with Gasteiger partial charge in [0.25, 0.3) is 0 Å². The molecule has 1 atom stereocenters. The predicted molar refractivity (Wildman–Crippen MR) is 49.9 cm³/mol. The number of halogens is 2. The molecule has 2 N–H and O–H groups in total. The fourth-order valence-electron chi connectivity index (χ4n) is 1.33. The second-order valence-electron chi connectivity index (χ2n) is 3.76. The van der Waals surface area contributed by atoms with Crippen molar-refractivity contribution in [2.24, 2.45) is 5.73 Å². The van der Waals surface area contributed by atoms with Crippen molar-refractivity contribution in [3.05, 3.63) is 23.8 Å². The van der Waals surface area contributed by atoms with Crippen molar-refractivity contribution < 1.29 is 18.3 Å². The Morgan fingerprint density at radius 1 is 1.33 bits per heavy atom. The lowest BCUT2D eigenvalue weighted by molar-refractivity contribution is 0.0126. The molecular formula is C10H11F2NO2. The van der Waals surface area contributed by atoms with Gasteiger partial charge in [-0.25, -0.2) is 8.78 Å². The van der Waals surface area contributed by atoms with Gasteiger partial charge in [-0.2, -0.15) is 0 Å². The van der Waals surface area contributed by atoms with E-state index in [0.717, 1.165) is 12.1 Å². The molecule has 0 spiro atoms. The smallest absolute Gasteiger partial charge is 0.165 e. The van der Waals surface area contributed by atoms with Crippen LogP contribution < -0.4 is 15.2 Å². The maximum absolute atomic E-state index is 12.9. The summed E-state index contributed by atoms with van der Waals surface area (Å²) in [5.74, 6) is -1.51. The number of rotatable bonds is 1. The first-order chi connectivity index (χ1) is 7.04. The molecule has 0 saturated carbocycles. The summed E-state index contributed by atoms with van der Waals surface area (Å²) >= 11 is 0. The Hall–Kier alpha value is -1.36. The summed E-state index contributed by atoms with van der Waals surface area (Å²) in [5.41, 5.74) is 4.81. The van der Waals surface area contributed by atoms with Gasteiger partial charge in [-0.05, 0) is 6.92 Å². The monoisotopic (exact) mass is 215 g/mol. The van der Waals surface area contributed by atoms with Crippen LogP contribution in [0.15, 0.2) is 12.1 Å². The summed E-state index contributed by atoms with van der Waals surface area (Å²) in [6, 6.07) is 1.94. The van der Waals surface area contributed by atoms with Gasteiger partial charge in [0.2, 0.25) is 0 Å². The van der Waals surface area contributed by atoms with Gasteiger partial charge < -0.3 is 15.2 Å². The summed E-state index contributed by atoms with van der Waals surface area (Å²) in [6.07, 6.45) is 0.